The van der Waals surface area contributed by atoms with Gasteiger partial charge in [0.1, 0.15) is 17.3 Å². The summed E-state index contributed by atoms with van der Waals surface area (Å²) in [5.41, 5.74) is 1.53. The summed E-state index contributed by atoms with van der Waals surface area (Å²) >= 11 is 12.0. The predicted octanol–water partition coefficient (Wildman–Crippen LogP) is 6.13. The molecule has 30 heavy (non-hydrogen) atoms. The number of carbonyl (C=O) groups excluding carboxylic acids is 1. The molecule has 1 fully saturated rings. The Bertz CT molecular complexity index is 1100. The van der Waals surface area contributed by atoms with Crippen molar-refractivity contribution in [3.05, 3.63) is 81.8 Å². The lowest BCUT2D eigenvalue weighted by molar-refractivity contribution is 0.104. The maximum Gasteiger partial charge on any atom is 0.186 e. The van der Waals surface area contributed by atoms with E-state index in [0.717, 1.165) is 5.56 Å². The number of morpholine rings is 1. The van der Waals surface area contributed by atoms with Gasteiger partial charge in [-0.2, -0.15) is 0 Å². The standard InChI is InChI=1S/C23H18Cl2FNO3/c24-18-5-1-16(13-19(18)25)23-8-4-17(30-23)3-7-22(28)15-2-6-21(20(26)14-15)27-9-11-29-12-10-27/h1-8,13-14H,9-12H2/b7-3+. The first kappa shape index (κ1) is 20.7. The fraction of sp³-hybridized carbons (Fsp3) is 0.174. The van der Waals surface area contributed by atoms with Crippen LogP contribution >= 0.6 is 23.2 Å². The zero-order valence-corrected chi connectivity index (χ0v) is 17.4. The molecule has 1 aliphatic rings. The van der Waals surface area contributed by atoms with E-state index in [4.69, 9.17) is 32.4 Å². The summed E-state index contributed by atoms with van der Waals surface area (Å²) in [7, 11) is 0. The monoisotopic (exact) mass is 445 g/mol. The second kappa shape index (κ2) is 9.04. The summed E-state index contributed by atoms with van der Waals surface area (Å²) in [5.74, 6) is 0.363. The largest absolute Gasteiger partial charge is 0.457 e. The lowest BCUT2D eigenvalue weighted by Crippen LogP contribution is -2.36. The van der Waals surface area contributed by atoms with Crippen LogP contribution in [0.3, 0.4) is 0 Å². The molecule has 154 valence electrons. The summed E-state index contributed by atoms with van der Waals surface area (Å²) in [4.78, 5) is 14.4. The van der Waals surface area contributed by atoms with Crippen LogP contribution in [0.1, 0.15) is 16.1 Å². The van der Waals surface area contributed by atoms with Crippen molar-refractivity contribution in [2.75, 3.05) is 31.2 Å². The first-order chi connectivity index (χ1) is 14.5. The van der Waals surface area contributed by atoms with Crippen molar-refractivity contribution in [3.8, 4) is 11.3 Å². The van der Waals surface area contributed by atoms with E-state index in [-0.39, 0.29) is 11.3 Å². The van der Waals surface area contributed by atoms with Crippen LogP contribution in [0.5, 0.6) is 0 Å². The molecule has 0 bridgehead atoms. The number of ether oxygens (including phenoxy) is 1. The van der Waals surface area contributed by atoms with Crippen molar-refractivity contribution in [3.63, 3.8) is 0 Å². The van der Waals surface area contributed by atoms with Gasteiger partial charge in [0.05, 0.1) is 28.9 Å². The molecule has 1 saturated heterocycles. The topological polar surface area (TPSA) is 42.7 Å². The quantitative estimate of drug-likeness (QED) is 0.350. The molecule has 4 nitrogen and oxygen atoms in total. The predicted molar refractivity (Wildman–Crippen MR) is 117 cm³/mol. The maximum absolute atomic E-state index is 14.5. The average molecular weight is 446 g/mol. The van der Waals surface area contributed by atoms with E-state index in [2.05, 4.69) is 0 Å². The number of furan rings is 1. The average Bonchev–Trinajstić information content (AvgIpc) is 3.23. The van der Waals surface area contributed by atoms with Crippen LogP contribution in [-0.2, 0) is 4.74 Å². The van der Waals surface area contributed by atoms with Gasteiger partial charge in [-0.15, -0.1) is 0 Å². The third-order valence-electron chi connectivity index (χ3n) is 4.81. The highest BCUT2D eigenvalue weighted by Crippen LogP contribution is 2.30. The molecule has 2 aromatic carbocycles. The van der Waals surface area contributed by atoms with Crippen molar-refractivity contribution in [1.82, 2.24) is 0 Å². The number of benzene rings is 2. The molecule has 0 atom stereocenters. The van der Waals surface area contributed by atoms with Crippen LogP contribution in [-0.4, -0.2) is 32.1 Å². The summed E-state index contributed by atoms with van der Waals surface area (Å²) in [5, 5.41) is 0.893. The smallest absolute Gasteiger partial charge is 0.186 e. The van der Waals surface area contributed by atoms with E-state index in [1.165, 1.54) is 12.1 Å². The molecular weight excluding hydrogens is 428 g/mol. The third-order valence-corrected chi connectivity index (χ3v) is 5.55. The number of allylic oxidation sites excluding steroid dienone is 1. The van der Waals surface area contributed by atoms with E-state index in [0.29, 0.717) is 53.6 Å². The van der Waals surface area contributed by atoms with Gasteiger partial charge in [-0.25, -0.2) is 4.39 Å². The van der Waals surface area contributed by atoms with Crippen LogP contribution in [0.15, 0.2) is 59.0 Å². The number of rotatable bonds is 5. The SMILES string of the molecule is O=C(/C=C/c1ccc(-c2ccc(Cl)c(Cl)c2)o1)c1ccc(N2CCOCC2)c(F)c1. The number of carbonyl (C=O) groups is 1. The van der Waals surface area contributed by atoms with Gasteiger partial charge >= 0.3 is 0 Å². The molecule has 0 aliphatic carbocycles. The Morgan fingerprint density at radius 1 is 1.00 bits per heavy atom. The van der Waals surface area contributed by atoms with Crippen molar-refractivity contribution < 1.29 is 18.3 Å². The van der Waals surface area contributed by atoms with E-state index < -0.39 is 5.82 Å². The van der Waals surface area contributed by atoms with Gasteiger partial charge in [0.25, 0.3) is 0 Å². The van der Waals surface area contributed by atoms with Crippen LogP contribution in [0.2, 0.25) is 10.0 Å². The highest BCUT2D eigenvalue weighted by atomic mass is 35.5. The normalized spacial score (nSPS) is 14.4. The fourth-order valence-corrected chi connectivity index (χ4v) is 3.52. The fourth-order valence-electron chi connectivity index (χ4n) is 3.22. The first-order valence-corrected chi connectivity index (χ1v) is 10.2. The number of hydrogen-bond donors (Lipinski definition) is 0. The summed E-state index contributed by atoms with van der Waals surface area (Å²) in [6.45, 7) is 2.39. The number of ketones is 1. The minimum Gasteiger partial charge on any atom is -0.457 e. The third kappa shape index (κ3) is 4.59. The van der Waals surface area contributed by atoms with Gasteiger partial charge in [0.2, 0.25) is 0 Å². The summed E-state index contributed by atoms with van der Waals surface area (Å²) in [6, 6.07) is 13.2. The van der Waals surface area contributed by atoms with Crippen LogP contribution in [0, 0.1) is 5.82 Å². The van der Waals surface area contributed by atoms with Crippen molar-refractivity contribution in [1.29, 1.82) is 0 Å². The molecule has 0 radical (unpaired) electrons. The number of nitrogens with zero attached hydrogens (tertiary/aromatic N) is 1. The zero-order valence-electron chi connectivity index (χ0n) is 15.9. The zero-order chi connectivity index (χ0) is 21.1. The minimum atomic E-state index is -0.420. The number of hydrogen-bond acceptors (Lipinski definition) is 4. The Balaban J connectivity index is 1.46. The van der Waals surface area contributed by atoms with E-state index in [1.54, 1.807) is 48.5 Å². The first-order valence-electron chi connectivity index (χ1n) is 9.41. The summed E-state index contributed by atoms with van der Waals surface area (Å²) in [6.07, 6.45) is 2.91. The van der Waals surface area contributed by atoms with Crippen LogP contribution < -0.4 is 4.90 Å². The molecule has 2 heterocycles. The van der Waals surface area contributed by atoms with Gasteiger partial charge in [0.15, 0.2) is 5.78 Å². The van der Waals surface area contributed by atoms with Gasteiger partial charge in [-0.1, -0.05) is 23.2 Å². The lowest BCUT2D eigenvalue weighted by Gasteiger charge is -2.29. The van der Waals surface area contributed by atoms with Crippen LogP contribution in [0.4, 0.5) is 10.1 Å². The highest BCUT2D eigenvalue weighted by molar-refractivity contribution is 6.42. The molecule has 0 spiro atoms. The van der Waals surface area contributed by atoms with Crippen LogP contribution in [0.25, 0.3) is 17.4 Å². The van der Waals surface area contributed by atoms with Gasteiger partial charge in [-0.05, 0) is 60.7 Å². The Morgan fingerprint density at radius 2 is 1.80 bits per heavy atom. The maximum atomic E-state index is 14.5. The molecule has 0 saturated carbocycles. The van der Waals surface area contributed by atoms with E-state index in [1.807, 2.05) is 4.90 Å². The van der Waals surface area contributed by atoms with Gasteiger partial charge in [0, 0.05) is 24.2 Å². The van der Waals surface area contributed by atoms with Gasteiger partial charge in [-0.3, -0.25) is 4.79 Å². The molecule has 7 heteroatoms. The van der Waals surface area contributed by atoms with Crippen molar-refractivity contribution in [2.45, 2.75) is 0 Å². The van der Waals surface area contributed by atoms with Crippen molar-refractivity contribution >= 4 is 40.7 Å². The molecule has 0 N–H and O–H groups in total. The molecule has 0 amide bonds. The molecular formula is C23H18Cl2FNO3. The second-order valence-corrected chi connectivity index (χ2v) is 7.61. The molecule has 4 rings (SSSR count). The van der Waals surface area contributed by atoms with E-state index in [9.17, 15) is 9.18 Å². The number of halogens is 3. The van der Waals surface area contributed by atoms with E-state index >= 15 is 0 Å². The Kier molecular flexibility index (Phi) is 6.23. The lowest BCUT2D eigenvalue weighted by atomic mass is 10.1. The Morgan fingerprint density at radius 3 is 2.53 bits per heavy atom. The molecule has 1 aromatic heterocycles. The summed E-state index contributed by atoms with van der Waals surface area (Å²) < 4.78 is 25.5. The van der Waals surface area contributed by atoms with Gasteiger partial charge < -0.3 is 14.1 Å². The number of anilines is 1. The molecule has 1 aliphatic heterocycles. The minimum absolute atomic E-state index is 0.275. The molecule has 0 unspecified atom stereocenters. The molecule has 3 aromatic rings. The Labute approximate surface area is 183 Å². The van der Waals surface area contributed by atoms with Crippen molar-refractivity contribution in [2.24, 2.45) is 0 Å². The Hall–Kier alpha value is -2.60. The second-order valence-electron chi connectivity index (χ2n) is 6.79. The highest BCUT2D eigenvalue weighted by Gasteiger charge is 2.16.